The average Bonchev–Trinajstić information content (AvgIpc) is 2.81. The van der Waals surface area contributed by atoms with Gasteiger partial charge in [-0.15, -0.1) is 0 Å². The van der Waals surface area contributed by atoms with Crippen LogP contribution >= 0.6 is 0 Å². The molecule has 0 radical (unpaired) electrons. The lowest BCUT2D eigenvalue weighted by Crippen LogP contribution is -2.08. The molecule has 180 valence electrons. The van der Waals surface area contributed by atoms with Gasteiger partial charge in [-0.2, -0.15) is 0 Å². The van der Waals surface area contributed by atoms with E-state index in [9.17, 15) is 9.59 Å². The van der Waals surface area contributed by atoms with Crippen LogP contribution in [0.1, 0.15) is 35.6 Å². The Morgan fingerprint density at radius 2 is 1.09 bits per heavy atom. The Kier molecular flexibility index (Phi) is 14.5. The number of rotatable bonds is 7. The zero-order chi connectivity index (χ0) is 22.7. The Hall–Kier alpha value is -3.62. The molecule has 2 rings (SSSR count). The summed E-state index contributed by atoms with van der Waals surface area (Å²) in [6, 6.07) is 8.54. The van der Waals surface area contributed by atoms with E-state index >= 15 is 0 Å². The zero-order valence-electron chi connectivity index (χ0n) is 18.2. The van der Waals surface area contributed by atoms with Crippen molar-refractivity contribution in [3.63, 3.8) is 0 Å². The molecular formula is C23H35NO8. The van der Waals surface area contributed by atoms with Gasteiger partial charge in [-0.05, 0) is 24.3 Å². The first-order valence-corrected chi connectivity index (χ1v) is 8.74. The lowest BCUT2D eigenvalue weighted by Gasteiger charge is -2.14. The molecule has 2 aromatic rings. The summed E-state index contributed by atoms with van der Waals surface area (Å²) in [7, 11) is 10.3. The molecule has 0 heterocycles. The van der Waals surface area contributed by atoms with Crippen LogP contribution in [0.2, 0.25) is 0 Å². The van der Waals surface area contributed by atoms with E-state index in [-0.39, 0.29) is 20.4 Å². The third-order valence-corrected chi connectivity index (χ3v) is 4.02. The number of anilines is 1. The van der Waals surface area contributed by atoms with Crippen molar-refractivity contribution in [2.75, 3.05) is 55.0 Å². The molecule has 0 aliphatic rings. The number of hydrogen-bond acceptors (Lipinski definition) is 9. The molecule has 0 aromatic heterocycles. The van der Waals surface area contributed by atoms with Gasteiger partial charge >= 0.3 is 11.9 Å². The molecule has 0 aliphatic heterocycles. The molecule has 0 saturated carbocycles. The topological polar surface area (TPSA) is 102 Å². The Balaban J connectivity index is 0. The van der Waals surface area contributed by atoms with Crippen LogP contribution < -0.4 is 24.3 Å². The van der Waals surface area contributed by atoms with Crippen LogP contribution in [0, 0.1) is 0 Å². The van der Waals surface area contributed by atoms with E-state index in [4.69, 9.17) is 23.7 Å². The number of esters is 2. The van der Waals surface area contributed by atoms with Gasteiger partial charge in [0, 0.05) is 7.05 Å². The third kappa shape index (κ3) is 6.97. The number of ether oxygens (including phenoxy) is 6. The van der Waals surface area contributed by atoms with Crippen molar-refractivity contribution < 1.29 is 38.0 Å². The highest BCUT2D eigenvalue weighted by atomic mass is 16.5. The lowest BCUT2D eigenvalue weighted by molar-refractivity contribution is 0.0584. The van der Waals surface area contributed by atoms with E-state index in [0.717, 1.165) is 0 Å². The summed E-state index contributed by atoms with van der Waals surface area (Å²) in [6.45, 7) is 0. The Bertz CT molecular complexity index is 845. The first kappa shape index (κ1) is 30.6. The number of carbonyl (C=O) groups is 2. The van der Waals surface area contributed by atoms with Crippen molar-refractivity contribution in [1.29, 1.82) is 0 Å². The molecule has 0 unspecified atom stereocenters. The first-order chi connectivity index (χ1) is 14.4. The van der Waals surface area contributed by atoms with Crippen LogP contribution in [0.3, 0.4) is 0 Å². The van der Waals surface area contributed by atoms with E-state index in [2.05, 4.69) is 10.1 Å². The maximum atomic E-state index is 11.6. The highest BCUT2D eigenvalue weighted by Crippen LogP contribution is 2.36. The molecule has 0 aliphatic carbocycles. The number of carbonyl (C=O) groups excluding carboxylic acids is 2. The number of benzene rings is 2. The normalized spacial score (nSPS) is 8.84. The first-order valence-electron chi connectivity index (χ1n) is 8.74. The molecule has 0 saturated heterocycles. The molecule has 0 spiro atoms. The maximum absolute atomic E-state index is 11.6. The second-order valence-corrected chi connectivity index (χ2v) is 5.49. The van der Waals surface area contributed by atoms with Crippen LogP contribution in [0.25, 0.3) is 0 Å². The standard InChI is InChI=1S/C11H15NO4.C10H12O4.2CH4/c1-12-7-5-6-8(14-2)9(10(7)15-3)11(13)16-4;1-12-7-5-4-6-8(13-2)9(7)10(11)14-3;;/h5-6,12H,1-4H3;4-6H,1-3H3;2*1H4. The van der Waals surface area contributed by atoms with Gasteiger partial charge in [-0.1, -0.05) is 20.9 Å². The van der Waals surface area contributed by atoms with E-state index < -0.39 is 11.9 Å². The van der Waals surface area contributed by atoms with E-state index in [0.29, 0.717) is 34.2 Å². The van der Waals surface area contributed by atoms with Crippen molar-refractivity contribution in [3.05, 3.63) is 41.5 Å². The average molecular weight is 454 g/mol. The number of methoxy groups -OCH3 is 6. The molecule has 0 fully saturated rings. The van der Waals surface area contributed by atoms with Crippen LogP contribution in [-0.2, 0) is 9.47 Å². The van der Waals surface area contributed by atoms with E-state index in [1.165, 1.54) is 42.7 Å². The summed E-state index contributed by atoms with van der Waals surface area (Å²) >= 11 is 0. The quantitative estimate of drug-likeness (QED) is 0.615. The van der Waals surface area contributed by atoms with Gasteiger partial charge in [0.1, 0.15) is 28.4 Å². The van der Waals surface area contributed by atoms with Gasteiger partial charge in [0.25, 0.3) is 0 Å². The van der Waals surface area contributed by atoms with Crippen molar-refractivity contribution in [2.24, 2.45) is 0 Å². The molecule has 9 heteroatoms. The molecule has 0 atom stereocenters. The minimum atomic E-state index is -0.495. The molecule has 1 N–H and O–H groups in total. The summed E-state index contributed by atoms with van der Waals surface area (Å²) in [5.74, 6) is 0.744. The van der Waals surface area contributed by atoms with Gasteiger partial charge in [-0.25, -0.2) is 9.59 Å². The van der Waals surface area contributed by atoms with E-state index in [1.807, 2.05) is 0 Å². The van der Waals surface area contributed by atoms with Crippen LogP contribution in [0.15, 0.2) is 30.3 Å². The molecule has 32 heavy (non-hydrogen) atoms. The zero-order valence-corrected chi connectivity index (χ0v) is 18.2. The fraction of sp³-hybridized carbons (Fsp3) is 0.391. The minimum Gasteiger partial charge on any atom is -0.496 e. The minimum absolute atomic E-state index is 0. The highest BCUT2D eigenvalue weighted by Gasteiger charge is 2.22. The summed E-state index contributed by atoms with van der Waals surface area (Å²) in [4.78, 5) is 23.0. The second kappa shape index (κ2) is 15.2. The largest absolute Gasteiger partial charge is 0.496 e. The number of hydrogen-bond donors (Lipinski definition) is 1. The van der Waals surface area contributed by atoms with Crippen LogP contribution in [0.5, 0.6) is 23.0 Å². The maximum Gasteiger partial charge on any atom is 0.345 e. The predicted molar refractivity (Wildman–Crippen MR) is 125 cm³/mol. The molecule has 9 nitrogen and oxygen atoms in total. The number of nitrogens with one attached hydrogen (secondary N) is 1. The summed E-state index contributed by atoms with van der Waals surface area (Å²) in [5, 5.41) is 2.93. The fourth-order valence-electron chi connectivity index (χ4n) is 2.59. The van der Waals surface area contributed by atoms with E-state index in [1.54, 1.807) is 37.4 Å². The van der Waals surface area contributed by atoms with Crippen molar-refractivity contribution in [1.82, 2.24) is 0 Å². The molecule has 0 amide bonds. The monoisotopic (exact) mass is 453 g/mol. The summed E-state index contributed by atoms with van der Waals surface area (Å²) in [5.41, 5.74) is 1.28. The molecular weight excluding hydrogens is 418 g/mol. The molecule has 2 aromatic carbocycles. The van der Waals surface area contributed by atoms with Gasteiger partial charge in [0.15, 0.2) is 5.75 Å². The van der Waals surface area contributed by atoms with Gasteiger partial charge in [0.2, 0.25) is 0 Å². The summed E-state index contributed by atoms with van der Waals surface area (Å²) < 4.78 is 29.7. The fourth-order valence-corrected chi connectivity index (χ4v) is 2.59. The van der Waals surface area contributed by atoms with Crippen molar-refractivity contribution in [2.45, 2.75) is 14.9 Å². The smallest absolute Gasteiger partial charge is 0.345 e. The lowest BCUT2D eigenvalue weighted by atomic mass is 10.1. The third-order valence-electron chi connectivity index (χ3n) is 4.02. The second-order valence-electron chi connectivity index (χ2n) is 5.49. The Morgan fingerprint density at radius 1 is 0.656 bits per heavy atom. The summed E-state index contributed by atoms with van der Waals surface area (Å²) in [6.07, 6.45) is 0. The highest BCUT2D eigenvalue weighted by molar-refractivity contribution is 5.98. The van der Waals surface area contributed by atoms with Crippen molar-refractivity contribution in [3.8, 4) is 23.0 Å². The van der Waals surface area contributed by atoms with Crippen LogP contribution in [0.4, 0.5) is 5.69 Å². The predicted octanol–water partition coefficient (Wildman–Crippen LogP) is 4.29. The van der Waals surface area contributed by atoms with Crippen LogP contribution in [-0.4, -0.2) is 61.6 Å². The Morgan fingerprint density at radius 3 is 1.47 bits per heavy atom. The van der Waals surface area contributed by atoms with Gasteiger partial charge < -0.3 is 33.7 Å². The van der Waals surface area contributed by atoms with Gasteiger partial charge in [0.05, 0.1) is 48.3 Å². The molecule has 0 bridgehead atoms. The van der Waals surface area contributed by atoms with Crippen molar-refractivity contribution >= 4 is 17.6 Å². The SMILES string of the molecule is C.C.CNc1ccc(OC)c(C(=O)OC)c1OC.COC(=O)c1c(OC)cccc1OC. The van der Waals surface area contributed by atoms with Gasteiger partial charge in [-0.3, -0.25) is 0 Å². The Labute approximate surface area is 190 Å².